The number of rotatable bonds is 7. The molecule has 0 aromatic heterocycles. The Labute approximate surface area is 153 Å². The van der Waals surface area contributed by atoms with Crippen LogP contribution in [0.2, 0.25) is 0 Å². The van der Waals surface area contributed by atoms with Crippen molar-refractivity contribution >= 4 is 23.6 Å². The molecule has 25 heavy (non-hydrogen) atoms. The smallest absolute Gasteiger partial charge is 0.317 e. The maximum atomic E-state index is 12.5. The molecule has 138 valence electrons. The number of hydrogen-bond donors (Lipinski definition) is 1. The van der Waals surface area contributed by atoms with Crippen molar-refractivity contribution in [2.75, 3.05) is 45.6 Å². The van der Waals surface area contributed by atoms with E-state index in [1.54, 1.807) is 23.7 Å². The van der Waals surface area contributed by atoms with E-state index in [4.69, 9.17) is 9.84 Å². The van der Waals surface area contributed by atoms with E-state index in [0.29, 0.717) is 32.0 Å². The van der Waals surface area contributed by atoms with Gasteiger partial charge in [0.25, 0.3) is 0 Å². The Kier molecular flexibility index (Phi) is 7.28. The molecule has 0 radical (unpaired) electrons. The van der Waals surface area contributed by atoms with Crippen molar-refractivity contribution in [2.45, 2.75) is 24.8 Å². The van der Waals surface area contributed by atoms with Gasteiger partial charge in [-0.3, -0.25) is 14.5 Å². The minimum atomic E-state index is -0.865. The number of carbonyl (C=O) groups excluding carboxylic acids is 1. The van der Waals surface area contributed by atoms with Crippen LogP contribution >= 0.6 is 11.8 Å². The Morgan fingerprint density at radius 2 is 2.16 bits per heavy atom. The fourth-order valence-electron chi connectivity index (χ4n) is 2.79. The van der Waals surface area contributed by atoms with E-state index in [1.165, 1.54) is 11.1 Å². The molecule has 1 aliphatic heterocycles. The number of benzene rings is 1. The minimum absolute atomic E-state index is 0.0315. The lowest BCUT2D eigenvalue weighted by atomic mass is 10.2. The number of carbonyl (C=O) groups is 2. The fourth-order valence-corrected chi connectivity index (χ4v) is 3.82. The van der Waals surface area contributed by atoms with Crippen LogP contribution in [-0.4, -0.2) is 78.5 Å². The number of thioether (sulfide) groups is 1. The number of likely N-dealkylation sites (N-methyl/N-ethyl adjacent to an activating group) is 1. The van der Waals surface area contributed by atoms with Crippen LogP contribution in [0.25, 0.3) is 0 Å². The lowest BCUT2D eigenvalue weighted by Crippen LogP contribution is -2.50. The van der Waals surface area contributed by atoms with E-state index in [-0.39, 0.29) is 18.6 Å². The van der Waals surface area contributed by atoms with Gasteiger partial charge in [0.2, 0.25) is 5.91 Å². The summed E-state index contributed by atoms with van der Waals surface area (Å²) in [6.45, 7) is 6.16. The Bertz CT molecular complexity index is 623. The number of aryl methyl sites for hydroxylation is 2. The van der Waals surface area contributed by atoms with E-state index in [2.05, 4.69) is 25.1 Å². The van der Waals surface area contributed by atoms with Gasteiger partial charge >= 0.3 is 5.97 Å². The van der Waals surface area contributed by atoms with Gasteiger partial charge in [-0.1, -0.05) is 17.7 Å². The van der Waals surface area contributed by atoms with Gasteiger partial charge in [-0.25, -0.2) is 0 Å². The van der Waals surface area contributed by atoms with Gasteiger partial charge in [-0.05, 0) is 32.5 Å². The van der Waals surface area contributed by atoms with Crippen LogP contribution in [0.5, 0.6) is 0 Å². The molecule has 1 fully saturated rings. The van der Waals surface area contributed by atoms with E-state index >= 15 is 0 Å². The van der Waals surface area contributed by atoms with Crippen molar-refractivity contribution in [3.05, 3.63) is 29.3 Å². The highest BCUT2D eigenvalue weighted by Gasteiger charge is 2.25. The topological polar surface area (TPSA) is 70.1 Å². The molecule has 0 saturated carbocycles. The first-order valence-corrected chi connectivity index (χ1v) is 9.33. The summed E-state index contributed by atoms with van der Waals surface area (Å²) in [4.78, 5) is 27.9. The first kappa shape index (κ1) is 19.8. The number of hydrogen-bond acceptors (Lipinski definition) is 5. The monoisotopic (exact) mass is 366 g/mol. The standard InChI is InChI=1S/C18H26N2O4S/c1-13-4-5-14(2)16(8-13)25-12-17(21)20-6-7-24-15(10-20)9-19(3)11-18(22)23/h4-5,8,15H,6-7,9-12H2,1-3H3,(H,22,23). The predicted octanol–water partition coefficient (Wildman–Crippen LogP) is 1.64. The Morgan fingerprint density at radius 1 is 1.40 bits per heavy atom. The number of ether oxygens (including phenoxy) is 1. The maximum absolute atomic E-state index is 12.5. The average Bonchev–Trinajstić information content (AvgIpc) is 2.54. The molecule has 1 aliphatic rings. The van der Waals surface area contributed by atoms with Gasteiger partial charge in [0, 0.05) is 24.5 Å². The van der Waals surface area contributed by atoms with Crippen LogP contribution in [0.3, 0.4) is 0 Å². The summed E-state index contributed by atoms with van der Waals surface area (Å²) >= 11 is 1.57. The molecule has 1 atom stereocenters. The SMILES string of the molecule is Cc1ccc(C)c(SCC(=O)N2CCOC(CN(C)CC(=O)O)C2)c1. The molecule has 1 N–H and O–H groups in total. The second kappa shape index (κ2) is 9.22. The molecule has 1 amide bonds. The van der Waals surface area contributed by atoms with Crippen LogP contribution < -0.4 is 0 Å². The molecule has 2 rings (SSSR count). The van der Waals surface area contributed by atoms with Crippen molar-refractivity contribution < 1.29 is 19.4 Å². The number of carboxylic acid groups (broad SMARTS) is 1. The molecule has 1 unspecified atom stereocenters. The largest absolute Gasteiger partial charge is 0.480 e. The highest BCUT2D eigenvalue weighted by molar-refractivity contribution is 8.00. The maximum Gasteiger partial charge on any atom is 0.317 e. The summed E-state index contributed by atoms with van der Waals surface area (Å²) in [6, 6.07) is 6.25. The zero-order valence-electron chi connectivity index (χ0n) is 15.0. The zero-order valence-corrected chi connectivity index (χ0v) is 15.8. The predicted molar refractivity (Wildman–Crippen MR) is 98.1 cm³/mol. The lowest BCUT2D eigenvalue weighted by molar-refractivity contribution is -0.141. The number of amides is 1. The van der Waals surface area contributed by atoms with Crippen LogP contribution in [0.1, 0.15) is 11.1 Å². The molecular formula is C18H26N2O4S. The average molecular weight is 366 g/mol. The zero-order chi connectivity index (χ0) is 18.4. The van der Waals surface area contributed by atoms with Gasteiger partial charge in [0.15, 0.2) is 0 Å². The molecule has 0 aliphatic carbocycles. The van der Waals surface area contributed by atoms with Crippen LogP contribution in [0.4, 0.5) is 0 Å². The molecule has 1 saturated heterocycles. The van der Waals surface area contributed by atoms with Crippen molar-refractivity contribution in [3.8, 4) is 0 Å². The first-order chi connectivity index (χ1) is 11.8. The van der Waals surface area contributed by atoms with Gasteiger partial charge in [0.05, 0.1) is 25.0 Å². The Morgan fingerprint density at radius 3 is 2.88 bits per heavy atom. The van der Waals surface area contributed by atoms with Crippen molar-refractivity contribution in [1.29, 1.82) is 0 Å². The van der Waals surface area contributed by atoms with E-state index in [1.807, 2.05) is 11.8 Å². The second-order valence-electron chi connectivity index (χ2n) is 6.48. The van der Waals surface area contributed by atoms with Crippen LogP contribution in [0.15, 0.2) is 23.1 Å². The van der Waals surface area contributed by atoms with Crippen molar-refractivity contribution in [1.82, 2.24) is 9.80 Å². The highest BCUT2D eigenvalue weighted by atomic mass is 32.2. The quantitative estimate of drug-likeness (QED) is 0.740. The second-order valence-corrected chi connectivity index (χ2v) is 7.50. The van der Waals surface area contributed by atoms with Gasteiger partial charge < -0.3 is 14.7 Å². The van der Waals surface area contributed by atoms with Gasteiger partial charge in [0.1, 0.15) is 0 Å². The molecule has 6 nitrogen and oxygen atoms in total. The summed E-state index contributed by atoms with van der Waals surface area (Å²) < 4.78 is 5.67. The van der Waals surface area contributed by atoms with Crippen LogP contribution in [0, 0.1) is 13.8 Å². The molecule has 7 heteroatoms. The Hall–Kier alpha value is -1.57. The summed E-state index contributed by atoms with van der Waals surface area (Å²) in [6.07, 6.45) is -0.146. The minimum Gasteiger partial charge on any atom is -0.480 e. The first-order valence-electron chi connectivity index (χ1n) is 8.35. The summed E-state index contributed by atoms with van der Waals surface area (Å²) in [5.41, 5.74) is 2.37. The van der Waals surface area contributed by atoms with E-state index < -0.39 is 5.97 Å². The molecule has 1 aromatic carbocycles. The summed E-state index contributed by atoms with van der Waals surface area (Å²) in [5.74, 6) is -0.363. The third-order valence-corrected chi connectivity index (χ3v) is 5.25. The van der Waals surface area contributed by atoms with Gasteiger partial charge in [-0.15, -0.1) is 11.8 Å². The third kappa shape index (κ3) is 6.34. The normalized spacial score (nSPS) is 17.8. The van der Waals surface area contributed by atoms with Gasteiger partial charge in [-0.2, -0.15) is 0 Å². The third-order valence-electron chi connectivity index (χ3n) is 4.11. The van der Waals surface area contributed by atoms with E-state index in [9.17, 15) is 9.59 Å². The summed E-state index contributed by atoms with van der Waals surface area (Å²) in [7, 11) is 1.74. The van der Waals surface area contributed by atoms with Crippen LogP contribution in [-0.2, 0) is 14.3 Å². The Balaban J connectivity index is 1.84. The molecular weight excluding hydrogens is 340 g/mol. The number of carboxylic acids is 1. The van der Waals surface area contributed by atoms with Crippen molar-refractivity contribution in [2.24, 2.45) is 0 Å². The highest BCUT2D eigenvalue weighted by Crippen LogP contribution is 2.24. The number of morpholine rings is 1. The van der Waals surface area contributed by atoms with Crippen molar-refractivity contribution in [3.63, 3.8) is 0 Å². The number of aliphatic carboxylic acids is 1. The summed E-state index contributed by atoms with van der Waals surface area (Å²) in [5, 5.41) is 8.82. The van der Waals surface area contributed by atoms with E-state index in [0.717, 1.165) is 4.90 Å². The lowest BCUT2D eigenvalue weighted by Gasteiger charge is -2.34. The molecule has 1 heterocycles. The molecule has 1 aromatic rings. The molecule has 0 bridgehead atoms. The molecule has 0 spiro atoms. The number of nitrogens with zero attached hydrogens (tertiary/aromatic N) is 2. The fraction of sp³-hybridized carbons (Fsp3) is 0.556.